The molecular formula is C20H21N5O. The molecule has 0 unspecified atom stereocenters. The zero-order valence-corrected chi connectivity index (χ0v) is 14.5. The van der Waals surface area contributed by atoms with Gasteiger partial charge in [-0.05, 0) is 55.5 Å². The van der Waals surface area contributed by atoms with Crippen molar-refractivity contribution < 1.29 is 4.79 Å². The maximum absolute atomic E-state index is 12.9. The SMILES string of the molecule is O=C(c1cc(-c2cccnc2)n[nH]1)N1CCC[C@@H](Cc2ccccn2)C1. The number of piperidine rings is 1. The number of aromatic nitrogens is 4. The maximum Gasteiger partial charge on any atom is 0.271 e. The third-order valence-corrected chi connectivity index (χ3v) is 4.80. The number of H-pyrrole nitrogens is 1. The smallest absolute Gasteiger partial charge is 0.271 e. The zero-order chi connectivity index (χ0) is 17.8. The highest BCUT2D eigenvalue weighted by molar-refractivity contribution is 5.93. The van der Waals surface area contributed by atoms with Crippen LogP contribution in [-0.2, 0) is 6.42 Å². The van der Waals surface area contributed by atoms with E-state index in [-0.39, 0.29) is 5.91 Å². The number of hydrogen-bond donors (Lipinski definition) is 1. The lowest BCUT2D eigenvalue weighted by molar-refractivity contribution is 0.0667. The van der Waals surface area contributed by atoms with Crippen molar-refractivity contribution in [2.75, 3.05) is 13.1 Å². The van der Waals surface area contributed by atoms with Gasteiger partial charge in [0, 0.05) is 42.9 Å². The van der Waals surface area contributed by atoms with Crippen molar-refractivity contribution >= 4 is 5.91 Å². The zero-order valence-electron chi connectivity index (χ0n) is 14.5. The minimum absolute atomic E-state index is 0.0124. The van der Waals surface area contributed by atoms with Crippen LogP contribution < -0.4 is 0 Å². The molecule has 0 spiro atoms. The Labute approximate surface area is 152 Å². The molecular weight excluding hydrogens is 326 g/mol. The summed E-state index contributed by atoms with van der Waals surface area (Å²) in [6.07, 6.45) is 8.35. The topological polar surface area (TPSA) is 74.8 Å². The predicted molar refractivity (Wildman–Crippen MR) is 98.4 cm³/mol. The average Bonchev–Trinajstić information content (AvgIpc) is 3.19. The van der Waals surface area contributed by atoms with Crippen molar-refractivity contribution in [2.24, 2.45) is 5.92 Å². The van der Waals surface area contributed by atoms with Crippen LogP contribution in [0.1, 0.15) is 29.0 Å². The maximum atomic E-state index is 12.9. The third kappa shape index (κ3) is 3.64. The van der Waals surface area contributed by atoms with Crippen molar-refractivity contribution in [3.63, 3.8) is 0 Å². The van der Waals surface area contributed by atoms with Crippen molar-refractivity contribution in [3.05, 3.63) is 66.4 Å². The number of nitrogens with zero attached hydrogens (tertiary/aromatic N) is 4. The predicted octanol–water partition coefficient (Wildman–Crippen LogP) is 2.96. The summed E-state index contributed by atoms with van der Waals surface area (Å²) in [4.78, 5) is 23.3. The molecule has 3 aromatic rings. The second-order valence-corrected chi connectivity index (χ2v) is 6.69. The second-order valence-electron chi connectivity index (χ2n) is 6.69. The number of carbonyl (C=O) groups excluding carboxylic acids is 1. The highest BCUT2D eigenvalue weighted by Gasteiger charge is 2.26. The molecule has 1 N–H and O–H groups in total. The lowest BCUT2D eigenvalue weighted by Gasteiger charge is -2.32. The Morgan fingerprint density at radius 2 is 2.19 bits per heavy atom. The molecule has 4 heterocycles. The summed E-state index contributed by atoms with van der Waals surface area (Å²) >= 11 is 0. The highest BCUT2D eigenvalue weighted by Crippen LogP contribution is 2.22. The minimum Gasteiger partial charge on any atom is -0.337 e. The standard InChI is InChI=1S/C20H21N5O/c26-20(19-12-18(23-24-19)16-6-3-8-21-13-16)25-10-4-5-15(14-25)11-17-7-1-2-9-22-17/h1-3,6-9,12-13,15H,4-5,10-11,14H2,(H,23,24)/t15-/m0/s1. The van der Waals surface area contributed by atoms with Gasteiger partial charge >= 0.3 is 0 Å². The van der Waals surface area contributed by atoms with E-state index in [0.29, 0.717) is 11.6 Å². The van der Waals surface area contributed by atoms with Crippen LogP contribution in [0.4, 0.5) is 0 Å². The molecule has 1 saturated heterocycles. The average molecular weight is 347 g/mol. The van der Waals surface area contributed by atoms with Gasteiger partial charge in [-0.1, -0.05) is 6.07 Å². The first-order chi connectivity index (χ1) is 12.8. The molecule has 0 aliphatic carbocycles. The summed E-state index contributed by atoms with van der Waals surface area (Å²) in [5.74, 6) is 0.460. The summed E-state index contributed by atoms with van der Waals surface area (Å²) in [6.45, 7) is 1.55. The summed E-state index contributed by atoms with van der Waals surface area (Å²) in [7, 11) is 0. The van der Waals surface area contributed by atoms with Gasteiger partial charge in [0.25, 0.3) is 5.91 Å². The molecule has 1 aliphatic rings. The summed E-state index contributed by atoms with van der Waals surface area (Å²) in [6, 6.07) is 11.6. The number of amides is 1. The van der Waals surface area contributed by atoms with E-state index in [1.54, 1.807) is 12.4 Å². The molecule has 0 bridgehead atoms. The molecule has 4 rings (SSSR count). The van der Waals surface area contributed by atoms with Gasteiger partial charge < -0.3 is 4.90 Å². The quantitative estimate of drug-likeness (QED) is 0.787. The minimum atomic E-state index is 0.0124. The van der Waals surface area contributed by atoms with Gasteiger partial charge in [-0.25, -0.2) is 0 Å². The fraction of sp³-hybridized carbons (Fsp3) is 0.300. The van der Waals surface area contributed by atoms with Crippen molar-refractivity contribution in [3.8, 4) is 11.3 Å². The Morgan fingerprint density at radius 1 is 1.23 bits per heavy atom. The third-order valence-electron chi connectivity index (χ3n) is 4.80. The Balaban J connectivity index is 1.44. The Kier molecular flexibility index (Phi) is 4.73. The highest BCUT2D eigenvalue weighted by atomic mass is 16.2. The lowest BCUT2D eigenvalue weighted by atomic mass is 9.93. The number of rotatable bonds is 4. The Bertz CT molecular complexity index is 862. The molecule has 0 radical (unpaired) electrons. The van der Waals surface area contributed by atoms with Crippen LogP contribution >= 0.6 is 0 Å². The Morgan fingerprint density at radius 3 is 3.00 bits per heavy atom. The van der Waals surface area contributed by atoms with Crippen LogP contribution in [0.3, 0.4) is 0 Å². The van der Waals surface area contributed by atoms with Crippen LogP contribution in [0.2, 0.25) is 0 Å². The molecule has 0 saturated carbocycles. The fourth-order valence-electron chi connectivity index (χ4n) is 3.49. The van der Waals surface area contributed by atoms with Crippen LogP contribution in [0, 0.1) is 5.92 Å². The van der Waals surface area contributed by atoms with Crippen LogP contribution in [0.15, 0.2) is 55.0 Å². The van der Waals surface area contributed by atoms with Crippen molar-refractivity contribution in [2.45, 2.75) is 19.3 Å². The van der Waals surface area contributed by atoms with E-state index >= 15 is 0 Å². The molecule has 1 amide bonds. The van der Waals surface area contributed by atoms with Gasteiger partial charge in [0.2, 0.25) is 0 Å². The Hall–Kier alpha value is -3.02. The monoisotopic (exact) mass is 347 g/mol. The van der Waals surface area contributed by atoms with E-state index in [4.69, 9.17) is 0 Å². The normalized spacial score (nSPS) is 17.2. The van der Waals surface area contributed by atoms with Crippen molar-refractivity contribution in [1.29, 1.82) is 0 Å². The molecule has 1 aliphatic heterocycles. The molecule has 3 aromatic heterocycles. The van der Waals surface area contributed by atoms with Crippen LogP contribution in [-0.4, -0.2) is 44.1 Å². The van der Waals surface area contributed by atoms with Gasteiger partial charge in [-0.3, -0.25) is 19.9 Å². The first kappa shape index (κ1) is 16.4. The molecule has 1 fully saturated rings. The molecule has 0 aromatic carbocycles. The summed E-state index contributed by atoms with van der Waals surface area (Å²) in [5.41, 5.74) is 3.26. The first-order valence-corrected chi connectivity index (χ1v) is 8.94. The van der Waals surface area contributed by atoms with Gasteiger partial charge in [0.15, 0.2) is 0 Å². The van der Waals surface area contributed by atoms with E-state index in [0.717, 1.165) is 49.3 Å². The largest absolute Gasteiger partial charge is 0.337 e. The summed E-state index contributed by atoms with van der Waals surface area (Å²) < 4.78 is 0. The number of aromatic amines is 1. The number of hydrogen-bond acceptors (Lipinski definition) is 4. The molecule has 1 atom stereocenters. The van der Waals surface area contributed by atoms with E-state index < -0.39 is 0 Å². The number of pyridine rings is 2. The number of nitrogens with one attached hydrogen (secondary N) is 1. The van der Waals surface area contributed by atoms with Gasteiger partial charge in [-0.2, -0.15) is 5.10 Å². The molecule has 6 heteroatoms. The van der Waals surface area contributed by atoms with Crippen LogP contribution in [0.25, 0.3) is 11.3 Å². The van der Waals surface area contributed by atoms with E-state index in [9.17, 15) is 4.79 Å². The number of likely N-dealkylation sites (tertiary alicyclic amines) is 1. The van der Waals surface area contributed by atoms with Gasteiger partial charge in [0.05, 0.1) is 5.69 Å². The summed E-state index contributed by atoms with van der Waals surface area (Å²) in [5, 5.41) is 7.15. The van der Waals surface area contributed by atoms with E-state index in [1.807, 2.05) is 41.4 Å². The lowest BCUT2D eigenvalue weighted by Crippen LogP contribution is -2.40. The second kappa shape index (κ2) is 7.47. The van der Waals surface area contributed by atoms with E-state index in [2.05, 4.69) is 26.2 Å². The van der Waals surface area contributed by atoms with Crippen molar-refractivity contribution in [1.82, 2.24) is 25.1 Å². The van der Waals surface area contributed by atoms with E-state index in [1.165, 1.54) is 0 Å². The molecule has 132 valence electrons. The fourth-order valence-corrected chi connectivity index (χ4v) is 3.49. The first-order valence-electron chi connectivity index (χ1n) is 8.94. The van der Waals surface area contributed by atoms with Gasteiger partial charge in [0.1, 0.15) is 5.69 Å². The van der Waals surface area contributed by atoms with Gasteiger partial charge in [-0.15, -0.1) is 0 Å². The molecule has 26 heavy (non-hydrogen) atoms. The molecule has 6 nitrogen and oxygen atoms in total. The van der Waals surface area contributed by atoms with Crippen LogP contribution in [0.5, 0.6) is 0 Å². The number of carbonyl (C=O) groups is 1.